The first-order valence-electron chi connectivity index (χ1n) is 4.56. The predicted molar refractivity (Wildman–Crippen MR) is 58.9 cm³/mol. The third-order valence-corrected chi connectivity index (χ3v) is 7.30. The summed E-state index contributed by atoms with van der Waals surface area (Å²) in [6.45, 7) is 2.68. The SMILES string of the molecule is CC1(C)[C@H](C(=O)O)N2C(=O)[C@@H](Br)[C@H]2S1(=O)=O.[H-].[Na+]. The maximum Gasteiger partial charge on any atom is 1.00 e. The first kappa shape index (κ1) is 15.4. The third-order valence-electron chi connectivity index (χ3n) is 3.24. The average molecular weight is 336 g/mol. The Morgan fingerprint density at radius 3 is 2.41 bits per heavy atom. The molecule has 0 aromatic heterocycles. The number of rotatable bonds is 1. The Labute approximate surface area is 131 Å². The number of nitrogens with zero attached hydrogens (tertiary/aromatic N) is 1. The molecule has 92 valence electrons. The van der Waals surface area contributed by atoms with E-state index in [1.165, 1.54) is 13.8 Å². The number of carbonyl (C=O) groups is 2. The van der Waals surface area contributed by atoms with Gasteiger partial charge in [-0.1, -0.05) is 15.9 Å². The summed E-state index contributed by atoms with van der Waals surface area (Å²) >= 11 is 2.97. The number of fused-ring (bicyclic) bond motifs is 1. The Bertz CT molecular complexity index is 496. The number of carboxylic acids is 1. The van der Waals surface area contributed by atoms with Crippen molar-refractivity contribution in [3.63, 3.8) is 0 Å². The molecule has 0 aromatic rings. The van der Waals surface area contributed by atoms with E-state index in [0.717, 1.165) is 4.90 Å². The van der Waals surface area contributed by atoms with E-state index in [1.54, 1.807) is 0 Å². The van der Waals surface area contributed by atoms with Crippen molar-refractivity contribution >= 4 is 37.6 Å². The van der Waals surface area contributed by atoms with Crippen molar-refractivity contribution in [2.75, 3.05) is 0 Å². The number of carboxylic acid groups (broad SMARTS) is 1. The Morgan fingerprint density at radius 1 is 1.53 bits per heavy atom. The fraction of sp³-hybridized carbons (Fsp3) is 0.750. The Kier molecular flexibility index (Phi) is 3.81. The van der Waals surface area contributed by atoms with Gasteiger partial charge in [-0.3, -0.25) is 4.79 Å². The van der Waals surface area contributed by atoms with E-state index in [0.29, 0.717) is 0 Å². The zero-order valence-corrected chi connectivity index (χ0v) is 13.9. The molecular weight excluding hydrogens is 325 g/mol. The number of sulfone groups is 1. The molecule has 9 heteroatoms. The molecule has 2 rings (SSSR count). The summed E-state index contributed by atoms with van der Waals surface area (Å²) in [5.74, 6) is -1.77. The van der Waals surface area contributed by atoms with Crippen LogP contribution in [0.4, 0.5) is 0 Å². The summed E-state index contributed by atoms with van der Waals surface area (Å²) < 4.78 is 22.7. The molecule has 0 spiro atoms. The van der Waals surface area contributed by atoms with Crippen molar-refractivity contribution in [2.24, 2.45) is 0 Å². The van der Waals surface area contributed by atoms with Crippen molar-refractivity contribution in [3.8, 4) is 0 Å². The summed E-state index contributed by atoms with van der Waals surface area (Å²) in [4.78, 5) is 22.7. The van der Waals surface area contributed by atoms with Gasteiger partial charge in [0.25, 0.3) is 0 Å². The second-order valence-corrected chi connectivity index (χ2v) is 8.04. The standard InChI is InChI=1S/C8H10BrNO5S.Na.H/c1-8(2)4(7(12)13)10-5(11)3(9)6(10)16(8,14)15;;/h3-4,6H,1-2H3,(H,12,13);;/q;+1;-1/t3-,4+,6-;;/m1../s1. The predicted octanol–water partition coefficient (Wildman–Crippen LogP) is -3.31. The van der Waals surface area contributed by atoms with Gasteiger partial charge >= 0.3 is 35.5 Å². The minimum atomic E-state index is -3.66. The number of aliphatic carboxylic acids is 1. The van der Waals surface area contributed by atoms with Crippen LogP contribution in [0.2, 0.25) is 0 Å². The van der Waals surface area contributed by atoms with Gasteiger partial charge in [0.15, 0.2) is 15.2 Å². The van der Waals surface area contributed by atoms with Gasteiger partial charge in [0.1, 0.15) is 15.6 Å². The molecule has 0 unspecified atom stereocenters. The number of alkyl halides is 1. The van der Waals surface area contributed by atoms with Crippen LogP contribution in [0.3, 0.4) is 0 Å². The molecule has 2 saturated heterocycles. The van der Waals surface area contributed by atoms with Crippen molar-refractivity contribution in [2.45, 2.75) is 34.8 Å². The van der Waals surface area contributed by atoms with Crippen molar-refractivity contribution in [3.05, 3.63) is 0 Å². The van der Waals surface area contributed by atoms with E-state index >= 15 is 0 Å². The van der Waals surface area contributed by atoms with Gasteiger partial charge < -0.3 is 11.4 Å². The van der Waals surface area contributed by atoms with Crippen LogP contribution in [0.15, 0.2) is 0 Å². The van der Waals surface area contributed by atoms with E-state index in [1.807, 2.05) is 0 Å². The van der Waals surface area contributed by atoms with Gasteiger partial charge in [-0.15, -0.1) is 0 Å². The average Bonchev–Trinajstić information content (AvgIpc) is 2.28. The van der Waals surface area contributed by atoms with Crippen molar-refractivity contribution in [1.29, 1.82) is 0 Å². The molecular formula is C8H11BrNNaO5S. The summed E-state index contributed by atoms with van der Waals surface area (Å²) in [5.41, 5.74) is 0. The van der Waals surface area contributed by atoms with Crippen LogP contribution in [0.5, 0.6) is 0 Å². The molecule has 2 aliphatic rings. The topological polar surface area (TPSA) is 91.8 Å². The number of carbonyl (C=O) groups excluding carboxylic acids is 1. The van der Waals surface area contributed by atoms with E-state index in [9.17, 15) is 18.0 Å². The molecule has 2 fully saturated rings. The first-order chi connectivity index (χ1) is 7.14. The van der Waals surface area contributed by atoms with Gasteiger partial charge in [0, 0.05) is 0 Å². The Balaban J connectivity index is 0.00000144. The summed E-state index contributed by atoms with van der Waals surface area (Å²) in [5, 5.41) is 7.99. The molecule has 2 aliphatic heterocycles. The monoisotopic (exact) mass is 335 g/mol. The normalized spacial score (nSPS) is 36.8. The number of amides is 1. The quantitative estimate of drug-likeness (QED) is 0.308. The fourth-order valence-electron chi connectivity index (χ4n) is 2.25. The number of halogens is 1. The van der Waals surface area contributed by atoms with Gasteiger partial charge in [-0.2, -0.15) is 0 Å². The second kappa shape index (κ2) is 4.19. The smallest absolute Gasteiger partial charge is 1.00 e. The molecule has 17 heavy (non-hydrogen) atoms. The van der Waals surface area contributed by atoms with Crippen LogP contribution in [0.1, 0.15) is 15.3 Å². The molecule has 6 nitrogen and oxygen atoms in total. The molecule has 2 heterocycles. The zero-order valence-electron chi connectivity index (χ0n) is 10.5. The minimum absolute atomic E-state index is 0. The van der Waals surface area contributed by atoms with E-state index < -0.39 is 42.7 Å². The second-order valence-electron chi connectivity index (χ2n) is 4.43. The van der Waals surface area contributed by atoms with Crippen LogP contribution in [-0.4, -0.2) is 51.3 Å². The molecule has 1 amide bonds. The Morgan fingerprint density at radius 2 is 2.00 bits per heavy atom. The largest absolute Gasteiger partial charge is 1.00 e. The maximum atomic E-state index is 12.1. The Hall–Kier alpha value is 0.370. The molecule has 0 aliphatic carbocycles. The van der Waals surface area contributed by atoms with Crippen LogP contribution in [0, 0.1) is 0 Å². The van der Waals surface area contributed by atoms with Gasteiger partial charge in [-0.25, -0.2) is 13.2 Å². The van der Waals surface area contributed by atoms with Gasteiger partial charge in [-0.05, 0) is 13.8 Å². The van der Waals surface area contributed by atoms with Crippen molar-refractivity contribution in [1.82, 2.24) is 4.90 Å². The van der Waals surface area contributed by atoms with Gasteiger partial charge in [0.2, 0.25) is 5.91 Å². The number of β-lactam (4-membered cyclic amide) rings is 1. The van der Waals surface area contributed by atoms with Crippen LogP contribution < -0.4 is 29.6 Å². The molecule has 3 atom stereocenters. The van der Waals surface area contributed by atoms with E-state index in [2.05, 4.69) is 15.9 Å². The molecule has 0 bridgehead atoms. The summed E-state index contributed by atoms with van der Waals surface area (Å²) in [6, 6.07) is -1.30. The summed E-state index contributed by atoms with van der Waals surface area (Å²) in [6.07, 6.45) is 0. The van der Waals surface area contributed by atoms with Gasteiger partial charge in [0.05, 0.1) is 0 Å². The van der Waals surface area contributed by atoms with E-state index in [4.69, 9.17) is 5.11 Å². The maximum absolute atomic E-state index is 12.1. The van der Waals surface area contributed by atoms with Crippen molar-refractivity contribution < 1.29 is 54.1 Å². The summed E-state index contributed by atoms with van der Waals surface area (Å²) in [7, 11) is -3.66. The number of hydrogen-bond donors (Lipinski definition) is 1. The first-order valence-corrected chi connectivity index (χ1v) is 7.02. The fourth-order valence-corrected chi connectivity index (χ4v) is 5.69. The van der Waals surface area contributed by atoms with E-state index in [-0.39, 0.29) is 31.0 Å². The van der Waals surface area contributed by atoms with Crippen LogP contribution in [-0.2, 0) is 19.4 Å². The molecule has 0 saturated carbocycles. The van der Waals surface area contributed by atoms with Crippen LogP contribution >= 0.6 is 15.9 Å². The number of hydrogen-bond acceptors (Lipinski definition) is 4. The molecule has 0 aromatic carbocycles. The minimum Gasteiger partial charge on any atom is -1.00 e. The molecule has 1 N–H and O–H groups in total. The van der Waals surface area contributed by atoms with Crippen LogP contribution in [0.25, 0.3) is 0 Å². The third kappa shape index (κ3) is 1.64. The zero-order chi connectivity index (χ0) is 12.5. The molecule has 0 radical (unpaired) electrons.